The number of halogens is 3. The molecule has 0 radical (unpaired) electrons. The van der Waals surface area contributed by atoms with Crippen LogP contribution in [0.4, 0.5) is 0 Å². The molecule has 0 saturated heterocycles. The van der Waals surface area contributed by atoms with Gasteiger partial charge in [-0.15, -0.1) is 0 Å². The van der Waals surface area contributed by atoms with Crippen LogP contribution in [0.25, 0.3) is 0 Å². The highest BCUT2D eigenvalue weighted by molar-refractivity contribution is 9.24. The van der Waals surface area contributed by atoms with E-state index >= 15 is 0 Å². The Labute approximate surface area is 98.0 Å². The lowest BCUT2D eigenvalue weighted by Crippen LogP contribution is -1.90. The molecule has 72 valence electrons. The van der Waals surface area contributed by atoms with Crippen molar-refractivity contribution in [3.05, 3.63) is 29.8 Å². The maximum atomic E-state index is 10.9. The molecule has 0 unspecified atom stereocenters. The van der Waals surface area contributed by atoms with Gasteiger partial charge in [0.15, 0.2) is 0 Å². The largest absolute Gasteiger partial charge is 0.261 e. The molecule has 2 nitrogen and oxygen atoms in total. The van der Waals surface area contributed by atoms with E-state index in [0.717, 1.165) is 5.56 Å². The van der Waals surface area contributed by atoms with Crippen LogP contribution >= 0.6 is 42.5 Å². The highest BCUT2D eigenvalue weighted by Crippen LogP contribution is 2.29. The fraction of sp³-hybridized carbons (Fsp3) is 0.143. The van der Waals surface area contributed by atoms with E-state index in [1.54, 1.807) is 12.1 Å². The molecule has 0 atom stereocenters. The van der Waals surface area contributed by atoms with Gasteiger partial charge in [-0.2, -0.15) is 0 Å². The summed E-state index contributed by atoms with van der Waals surface area (Å²) in [5, 5.41) is 0. The van der Waals surface area contributed by atoms with Gasteiger partial charge >= 0.3 is 0 Å². The molecule has 0 amide bonds. The third-order valence-electron chi connectivity index (χ3n) is 1.41. The average molecular weight is 348 g/mol. The lowest BCUT2D eigenvalue weighted by atomic mass is 10.2. The van der Waals surface area contributed by atoms with Crippen LogP contribution in [0.2, 0.25) is 0 Å². The smallest absolute Gasteiger partial charge is 0.207 e. The predicted octanol–water partition coefficient (Wildman–Crippen LogP) is 3.40. The predicted molar refractivity (Wildman–Crippen MR) is 60.1 cm³/mol. The highest BCUT2D eigenvalue weighted by Gasteiger charge is 2.10. The molecule has 1 rings (SSSR count). The topological polar surface area (TPSA) is 34.1 Å². The van der Waals surface area contributed by atoms with Gasteiger partial charge in [0.2, 0.25) is 0 Å². The third-order valence-corrected chi connectivity index (χ3v) is 3.84. The quantitative estimate of drug-likeness (QED) is 0.606. The second kappa shape index (κ2) is 4.29. The molecule has 0 aromatic heterocycles. The first-order chi connectivity index (χ1) is 5.91. The summed E-state index contributed by atoms with van der Waals surface area (Å²) in [5.74, 6) is 0. The Morgan fingerprint density at radius 2 is 1.62 bits per heavy atom. The van der Waals surface area contributed by atoms with E-state index in [0.29, 0.717) is 0 Å². The van der Waals surface area contributed by atoms with Crippen molar-refractivity contribution in [2.75, 3.05) is 0 Å². The van der Waals surface area contributed by atoms with Gasteiger partial charge in [0.1, 0.15) is 0 Å². The van der Waals surface area contributed by atoms with E-state index in [4.69, 9.17) is 10.7 Å². The van der Waals surface area contributed by atoms with Crippen molar-refractivity contribution >= 4 is 51.6 Å². The molecular weight excluding hydrogens is 343 g/mol. The standard InChI is InChI=1S/C7H5Br2ClO2S/c8-7(9)5-1-3-6(4-2-5)13(10,11)12/h1-4,7H. The van der Waals surface area contributed by atoms with Crippen LogP contribution in [-0.4, -0.2) is 8.42 Å². The van der Waals surface area contributed by atoms with Crippen LogP contribution in [0, 0.1) is 0 Å². The number of alkyl halides is 2. The minimum Gasteiger partial charge on any atom is -0.207 e. The van der Waals surface area contributed by atoms with Gasteiger partial charge in [0.25, 0.3) is 9.05 Å². The number of benzene rings is 1. The second-order valence-corrected chi connectivity index (χ2v) is 7.93. The van der Waals surface area contributed by atoms with E-state index in [1.807, 2.05) is 0 Å². The van der Waals surface area contributed by atoms with Crippen LogP contribution < -0.4 is 0 Å². The van der Waals surface area contributed by atoms with Crippen LogP contribution in [-0.2, 0) is 9.05 Å². The fourth-order valence-electron chi connectivity index (χ4n) is 0.776. The number of hydrogen-bond acceptors (Lipinski definition) is 2. The molecule has 0 saturated carbocycles. The summed E-state index contributed by atoms with van der Waals surface area (Å²) in [5.41, 5.74) is 0.934. The normalized spacial score (nSPS) is 12.0. The van der Waals surface area contributed by atoms with Crippen LogP contribution in [0.5, 0.6) is 0 Å². The highest BCUT2D eigenvalue weighted by atomic mass is 79.9. The molecule has 0 heterocycles. The van der Waals surface area contributed by atoms with Gasteiger partial charge in [0, 0.05) is 10.7 Å². The van der Waals surface area contributed by atoms with Gasteiger partial charge in [-0.05, 0) is 17.7 Å². The SMILES string of the molecule is O=S(=O)(Cl)c1ccc(C(Br)Br)cc1. The zero-order chi connectivity index (χ0) is 10.1. The van der Waals surface area contributed by atoms with Gasteiger partial charge in [-0.1, -0.05) is 44.0 Å². The Balaban J connectivity index is 3.08. The molecule has 0 spiro atoms. The van der Waals surface area contributed by atoms with Crippen molar-refractivity contribution in [1.82, 2.24) is 0 Å². The van der Waals surface area contributed by atoms with E-state index in [2.05, 4.69) is 31.9 Å². The first-order valence-electron chi connectivity index (χ1n) is 3.24. The Hall–Kier alpha value is 0.420. The summed E-state index contributed by atoms with van der Waals surface area (Å²) in [6.45, 7) is 0. The third kappa shape index (κ3) is 3.23. The number of hydrogen-bond donors (Lipinski definition) is 0. The lowest BCUT2D eigenvalue weighted by molar-refractivity contribution is 0.609. The van der Waals surface area contributed by atoms with Crippen molar-refractivity contribution in [2.45, 2.75) is 8.63 Å². The minimum absolute atomic E-state index is 0.0204. The van der Waals surface area contributed by atoms with Crippen molar-refractivity contribution < 1.29 is 8.42 Å². The van der Waals surface area contributed by atoms with E-state index < -0.39 is 9.05 Å². The van der Waals surface area contributed by atoms with Gasteiger partial charge < -0.3 is 0 Å². The zero-order valence-corrected chi connectivity index (χ0v) is 11.0. The lowest BCUT2D eigenvalue weighted by Gasteiger charge is -2.01. The van der Waals surface area contributed by atoms with Gasteiger partial charge in [-0.25, -0.2) is 8.42 Å². The monoisotopic (exact) mass is 346 g/mol. The maximum absolute atomic E-state index is 10.9. The molecular formula is C7H5Br2ClO2S. The molecule has 1 aromatic carbocycles. The van der Waals surface area contributed by atoms with Crippen LogP contribution in [0.15, 0.2) is 29.2 Å². The van der Waals surface area contributed by atoms with Gasteiger partial charge in [-0.3, -0.25) is 0 Å². The minimum atomic E-state index is -3.60. The fourth-order valence-corrected chi connectivity index (χ4v) is 2.16. The molecule has 0 fully saturated rings. The van der Waals surface area contributed by atoms with Gasteiger partial charge in [0.05, 0.1) is 8.63 Å². The van der Waals surface area contributed by atoms with E-state index in [9.17, 15) is 8.42 Å². The molecule has 1 aromatic rings. The molecule has 0 aliphatic carbocycles. The summed E-state index contributed by atoms with van der Waals surface area (Å²) in [6, 6.07) is 6.30. The summed E-state index contributed by atoms with van der Waals surface area (Å²) >= 11 is 6.58. The Bertz CT molecular complexity index is 385. The Morgan fingerprint density at radius 1 is 1.15 bits per heavy atom. The summed E-state index contributed by atoms with van der Waals surface area (Å²) in [6.07, 6.45) is 0. The molecule has 0 bridgehead atoms. The van der Waals surface area contributed by atoms with Crippen molar-refractivity contribution in [3.63, 3.8) is 0 Å². The van der Waals surface area contributed by atoms with E-state index in [-0.39, 0.29) is 8.63 Å². The molecule has 0 aliphatic heterocycles. The Kier molecular flexibility index (Phi) is 3.80. The first-order valence-corrected chi connectivity index (χ1v) is 7.38. The zero-order valence-electron chi connectivity index (χ0n) is 6.25. The van der Waals surface area contributed by atoms with Crippen molar-refractivity contribution in [3.8, 4) is 0 Å². The summed E-state index contributed by atoms with van der Waals surface area (Å²) in [4.78, 5) is 0.110. The Morgan fingerprint density at radius 3 is 1.92 bits per heavy atom. The van der Waals surface area contributed by atoms with Crippen LogP contribution in [0.3, 0.4) is 0 Å². The molecule has 0 aliphatic rings. The summed E-state index contributed by atoms with van der Waals surface area (Å²) in [7, 11) is 1.54. The van der Waals surface area contributed by atoms with Crippen LogP contribution in [0.1, 0.15) is 9.30 Å². The number of rotatable bonds is 2. The molecule has 13 heavy (non-hydrogen) atoms. The maximum Gasteiger partial charge on any atom is 0.261 e. The van der Waals surface area contributed by atoms with Crippen molar-refractivity contribution in [2.24, 2.45) is 0 Å². The second-order valence-electron chi connectivity index (χ2n) is 2.31. The molecule has 0 N–H and O–H groups in total. The molecule has 6 heteroatoms. The first kappa shape index (κ1) is 11.5. The average Bonchev–Trinajstić information content (AvgIpc) is 2.03. The summed E-state index contributed by atoms with van der Waals surface area (Å²) < 4.78 is 21.7. The van der Waals surface area contributed by atoms with E-state index in [1.165, 1.54) is 12.1 Å². The van der Waals surface area contributed by atoms with Crippen molar-refractivity contribution in [1.29, 1.82) is 0 Å².